The van der Waals surface area contributed by atoms with E-state index in [9.17, 15) is 9.90 Å². The first-order chi connectivity index (χ1) is 12.0. The van der Waals surface area contributed by atoms with Crippen LogP contribution in [0.5, 0.6) is 5.75 Å². The summed E-state index contributed by atoms with van der Waals surface area (Å²) in [4.78, 5) is 16.8. The Labute approximate surface area is 149 Å². The second kappa shape index (κ2) is 7.72. The van der Waals surface area contributed by atoms with E-state index in [1.54, 1.807) is 14.0 Å². The number of nitrogens with zero attached hydrogens (tertiary/aromatic N) is 2. The molecular formula is C19H28N2O4. The Kier molecular flexibility index (Phi) is 5.61. The number of methoxy groups -OCH3 is 1. The predicted molar refractivity (Wildman–Crippen MR) is 94.6 cm³/mol. The summed E-state index contributed by atoms with van der Waals surface area (Å²) in [5.41, 5.74) is -0.270. The molecule has 2 fully saturated rings. The van der Waals surface area contributed by atoms with Crippen LogP contribution < -0.4 is 4.74 Å². The molecule has 2 aliphatic rings. The molecule has 0 spiro atoms. The topological polar surface area (TPSA) is 62.2 Å². The highest BCUT2D eigenvalue weighted by Gasteiger charge is 2.42. The highest BCUT2D eigenvalue weighted by Crippen LogP contribution is 2.35. The van der Waals surface area contributed by atoms with E-state index in [2.05, 4.69) is 4.90 Å². The fraction of sp³-hybridized carbons (Fsp3) is 0.632. The molecule has 2 heterocycles. The van der Waals surface area contributed by atoms with Gasteiger partial charge in [0, 0.05) is 19.6 Å². The maximum atomic E-state index is 12.8. The summed E-state index contributed by atoms with van der Waals surface area (Å²) in [6, 6.07) is 7.25. The molecule has 2 saturated heterocycles. The van der Waals surface area contributed by atoms with Crippen LogP contribution in [0.4, 0.5) is 0 Å². The summed E-state index contributed by atoms with van der Waals surface area (Å²) in [7, 11) is 1.62. The largest absolute Gasteiger partial charge is 0.497 e. The van der Waals surface area contributed by atoms with Crippen LogP contribution in [-0.2, 0) is 15.1 Å². The van der Waals surface area contributed by atoms with E-state index in [1.165, 1.54) is 0 Å². The summed E-state index contributed by atoms with van der Waals surface area (Å²) in [5.74, 6) is 0.851. The first-order valence-electron chi connectivity index (χ1n) is 8.99. The Morgan fingerprint density at radius 2 is 1.96 bits per heavy atom. The third-order valence-electron chi connectivity index (χ3n) is 5.36. The molecule has 138 valence electrons. The maximum Gasteiger partial charge on any atom is 0.237 e. The van der Waals surface area contributed by atoms with Gasteiger partial charge < -0.3 is 19.5 Å². The smallest absolute Gasteiger partial charge is 0.237 e. The number of ether oxygens (including phenoxy) is 2. The van der Waals surface area contributed by atoms with Crippen LogP contribution in [-0.4, -0.2) is 73.4 Å². The molecule has 2 aliphatic heterocycles. The standard InChI is InChI=1S/C19H28N2O4/c1-19(23,15-5-7-16(24-2)8-6-15)17-4-3-9-21(17)18(22)14-20-10-12-25-13-11-20/h5-8,17,23H,3-4,9-14H2,1-2H3/t17-,19+/m1/s1. The van der Waals surface area contributed by atoms with Gasteiger partial charge in [-0.05, 0) is 37.5 Å². The van der Waals surface area contributed by atoms with Crippen LogP contribution in [0, 0.1) is 0 Å². The number of carbonyl (C=O) groups is 1. The van der Waals surface area contributed by atoms with Gasteiger partial charge in [-0.15, -0.1) is 0 Å². The first-order valence-corrected chi connectivity index (χ1v) is 8.99. The van der Waals surface area contributed by atoms with Gasteiger partial charge in [0.2, 0.25) is 5.91 Å². The zero-order valence-electron chi connectivity index (χ0n) is 15.1. The van der Waals surface area contributed by atoms with Crippen molar-refractivity contribution < 1.29 is 19.4 Å². The molecule has 0 radical (unpaired) electrons. The van der Waals surface area contributed by atoms with Crippen molar-refractivity contribution in [3.8, 4) is 5.75 Å². The van der Waals surface area contributed by atoms with Gasteiger partial charge in [0.05, 0.1) is 32.9 Å². The van der Waals surface area contributed by atoms with Crippen LogP contribution in [0.1, 0.15) is 25.3 Å². The van der Waals surface area contributed by atoms with Crippen molar-refractivity contribution in [3.05, 3.63) is 29.8 Å². The molecule has 1 aromatic carbocycles. The van der Waals surface area contributed by atoms with Crippen LogP contribution in [0.3, 0.4) is 0 Å². The summed E-state index contributed by atoms with van der Waals surface area (Å²) in [5, 5.41) is 11.2. The van der Waals surface area contributed by atoms with Crippen LogP contribution >= 0.6 is 0 Å². The van der Waals surface area contributed by atoms with Gasteiger partial charge in [0.15, 0.2) is 0 Å². The monoisotopic (exact) mass is 348 g/mol. The lowest BCUT2D eigenvalue weighted by molar-refractivity contribution is -0.139. The Balaban J connectivity index is 1.71. The fourth-order valence-electron chi connectivity index (χ4n) is 3.81. The van der Waals surface area contributed by atoms with Crippen LogP contribution in [0.25, 0.3) is 0 Å². The Hall–Kier alpha value is -1.63. The number of likely N-dealkylation sites (tertiary alicyclic amines) is 1. The number of hydrogen-bond donors (Lipinski definition) is 1. The van der Waals surface area contributed by atoms with E-state index in [4.69, 9.17) is 9.47 Å². The van der Waals surface area contributed by atoms with Gasteiger partial charge >= 0.3 is 0 Å². The van der Waals surface area contributed by atoms with Crippen LogP contribution in [0.2, 0.25) is 0 Å². The third kappa shape index (κ3) is 3.97. The second-order valence-electron chi connectivity index (χ2n) is 7.01. The average Bonchev–Trinajstić information content (AvgIpc) is 3.13. The molecule has 0 aromatic heterocycles. The zero-order chi connectivity index (χ0) is 17.9. The third-order valence-corrected chi connectivity index (χ3v) is 5.36. The van der Waals surface area contributed by atoms with Gasteiger partial charge in [-0.25, -0.2) is 0 Å². The minimum atomic E-state index is -1.08. The molecule has 6 nitrogen and oxygen atoms in total. The molecule has 0 bridgehead atoms. The molecule has 2 atom stereocenters. The van der Waals surface area contributed by atoms with E-state index < -0.39 is 5.60 Å². The average molecular weight is 348 g/mol. The Morgan fingerprint density at radius 3 is 2.60 bits per heavy atom. The molecule has 25 heavy (non-hydrogen) atoms. The van der Waals surface area contributed by atoms with Crippen molar-refractivity contribution in [2.24, 2.45) is 0 Å². The summed E-state index contributed by atoms with van der Waals surface area (Å²) in [6.07, 6.45) is 1.74. The SMILES string of the molecule is COc1ccc([C@](C)(O)[C@H]2CCCN2C(=O)CN2CCOCC2)cc1. The van der Waals surface area contributed by atoms with Crippen molar-refractivity contribution in [1.82, 2.24) is 9.80 Å². The van der Waals surface area contributed by atoms with Crippen molar-refractivity contribution in [2.45, 2.75) is 31.4 Å². The highest BCUT2D eigenvalue weighted by molar-refractivity contribution is 5.79. The number of hydrogen-bond acceptors (Lipinski definition) is 5. The predicted octanol–water partition coefficient (Wildman–Crippen LogP) is 1.23. The van der Waals surface area contributed by atoms with Crippen molar-refractivity contribution in [1.29, 1.82) is 0 Å². The number of carbonyl (C=O) groups excluding carboxylic acids is 1. The summed E-state index contributed by atoms with van der Waals surface area (Å²) < 4.78 is 10.5. The number of rotatable bonds is 5. The minimum absolute atomic E-state index is 0.0955. The molecule has 1 amide bonds. The molecular weight excluding hydrogens is 320 g/mol. The first kappa shape index (κ1) is 18.2. The van der Waals surface area contributed by atoms with E-state index >= 15 is 0 Å². The Bertz CT molecular complexity index is 582. The molecule has 0 unspecified atom stereocenters. The molecule has 0 aliphatic carbocycles. The zero-order valence-corrected chi connectivity index (χ0v) is 15.1. The van der Waals surface area contributed by atoms with Gasteiger partial charge in [-0.1, -0.05) is 12.1 Å². The van der Waals surface area contributed by atoms with Crippen molar-refractivity contribution in [3.63, 3.8) is 0 Å². The fourth-order valence-corrected chi connectivity index (χ4v) is 3.81. The lowest BCUT2D eigenvalue weighted by atomic mass is 9.86. The normalized spacial score (nSPS) is 24.1. The van der Waals surface area contributed by atoms with Gasteiger partial charge in [0.25, 0.3) is 0 Å². The quantitative estimate of drug-likeness (QED) is 0.867. The van der Waals surface area contributed by atoms with E-state index in [1.807, 2.05) is 29.2 Å². The summed E-state index contributed by atoms with van der Waals surface area (Å²) in [6.45, 7) is 5.86. The van der Waals surface area contributed by atoms with Gasteiger partial charge in [0.1, 0.15) is 11.4 Å². The van der Waals surface area contributed by atoms with Crippen molar-refractivity contribution in [2.75, 3.05) is 46.5 Å². The number of benzene rings is 1. The second-order valence-corrected chi connectivity index (χ2v) is 7.01. The van der Waals surface area contributed by atoms with Crippen LogP contribution in [0.15, 0.2) is 24.3 Å². The van der Waals surface area contributed by atoms with E-state index in [0.717, 1.165) is 37.2 Å². The van der Waals surface area contributed by atoms with E-state index in [0.29, 0.717) is 26.3 Å². The molecule has 1 N–H and O–H groups in total. The van der Waals surface area contributed by atoms with Crippen molar-refractivity contribution >= 4 is 5.91 Å². The highest BCUT2D eigenvalue weighted by atomic mass is 16.5. The lowest BCUT2D eigenvalue weighted by Crippen LogP contribution is -2.51. The van der Waals surface area contributed by atoms with Gasteiger partial charge in [-0.2, -0.15) is 0 Å². The van der Waals surface area contributed by atoms with Gasteiger partial charge in [-0.3, -0.25) is 9.69 Å². The minimum Gasteiger partial charge on any atom is -0.497 e. The molecule has 3 rings (SSSR count). The Morgan fingerprint density at radius 1 is 1.28 bits per heavy atom. The molecule has 1 aromatic rings. The molecule has 6 heteroatoms. The van der Waals surface area contributed by atoms with E-state index in [-0.39, 0.29) is 11.9 Å². The number of morpholine rings is 1. The maximum absolute atomic E-state index is 12.8. The number of aliphatic hydroxyl groups is 1. The lowest BCUT2D eigenvalue weighted by Gasteiger charge is -2.38. The number of amides is 1. The molecule has 0 saturated carbocycles. The summed E-state index contributed by atoms with van der Waals surface area (Å²) >= 11 is 0.